The molecule has 98 valence electrons. The minimum Gasteiger partial charge on any atom is -0.461 e. The zero-order chi connectivity index (χ0) is 13.2. The molecule has 0 bridgehead atoms. The Morgan fingerprint density at radius 1 is 1.42 bits per heavy atom. The third kappa shape index (κ3) is 2.16. The standard InChI is InChI=1S/C13H13N3O3/c17-12(11-5-2-6-19-11)13(18)14-7-10-8-3-1-4-9(8)15-16-10/h2,5-6H,1,3-4,7H2,(H,14,18)(H,15,16). The van der Waals surface area contributed by atoms with E-state index in [1.807, 2.05) is 0 Å². The van der Waals surface area contributed by atoms with Crippen molar-refractivity contribution in [1.82, 2.24) is 15.5 Å². The molecule has 0 aromatic carbocycles. The van der Waals surface area contributed by atoms with Crippen LogP contribution in [0.5, 0.6) is 0 Å². The van der Waals surface area contributed by atoms with E-state index in [-0.39, 0.29) is 12.3 Å². The Balaban J connectivity index is 1.63. The first-order valence-corrected chi connectivity index (χ1v) is 6.16. The summed E-state index contributed by atoms with van der Waals surface area (Å²) in [5.41, 5.74) is 3.13. The van der Waals surface area contributed by atoms with Gasteiger partial charge >= 0.3 is 0 Å². The van der Waals surface area contributed by atoms with E-state index in [1.165, 1.54) is 17.9 Å². The topological polar surface area (TPSA) is 88.0 Å². The summed E-state index contributed by atoms with van der Waals surface area (Å²) in [6.45, 7) is 0.261. The first kappa shape index (κ1) is 11.7. The van der Waals surface area contributed by atoms with Crippen molar-refractivity contribution in [1.29, 1.82) is 0 Å². The minimum atomic E-state index is -0.676. The fraction of sp³-hybridized carbons (Fsp3) is 0.308. The van der Waals surface area contributed by atoms with Gasteiger partial charge in [0.1, 0.15) is 0 Å². The Morgan fingerprint density at radius 3 is 3.11 bits per heavy atom. The van der Waals surface area contributed by atoms with Gasteiger partial charge in [-0.25, -0.2) is 0 Å². The molecule has 3 rings (SSSR count). The highest BCUT2D eigenvalue weighted by Gasteiger charge is 2.21. The Labute approximate surface area is 109 Å². The van der Waals surface area contributed by atoms with Crippen LogP contribution in [-0.2, 0) is 24.2 Å². The number of ketones is 1. The summed E-state index contributed by atoms with van der Waals surface area (Å²) in [6.07, 6.45) is 4.45. The highest BCUT2D eigenvalue weighted by atomic mass is 16.3. The molecule has 2 heterocycles. The maximum Gasteiger partial charge on any atom is 0.296 e. The Kier molecular flexibility index (Phi) is 2.91. The molecule has 2 N–H and O–H groups in total. The highest BCUT2D eigenvalue weighted by molar-refractivity contribution is 6.41. The number of nitrogens with zero attached hydrogens (tertiary/aromatic N) is 1. The van der Waals surface area contributed by atoms with Gasteiger partial charge < -0.3 is 9.73 Å². The number of Topliss-reactive ketones (excluding diaryl/α,β-unsaturated/α-hetero) is 1. The number of carbonyl (C=O) groups excluding carboxylic acids is 2. The largest absolute Gasteiger partial charge is 0.461 e. The Hall–Kier alpha value is -2.37. The molecule has 1 amide bonds. The van der Waals surface area contributed by atoms with Crippen LogP contribution in [0.4, 0.5) is 0 Å². The van der Waals surface area contributed by atoms with Gasteiger partial charge in [0, 0.05) is 5.69 Å². The van der Waals surface area contributed by atoms with Crippen LogP contribution < -0.4 is 5.32 Å². The van der Waals surface area contributed by atoms with Crippen LogP contribution in [0.15, 0.2) is 22.8 Å². The van der Waals surface area contributed by atoms with Crippen LogP contribution in [-0.4, -0.2) is 21.9 Å². The van der Waals surface area contributed by atoms with Crippen molar-refractivity contribution in [2.45, 2.75) is 25.8 Å². The van der Waals surface area contributed by atoms with Gasteiger partial charge in [0.05, 0.1) is 18.5 Å². The molecule has 1 aliphatic rings. The van der Waals surface area contributed by atoms with Gasteiger partial charge in [-0.3, -0.25) is 14.7 Å². The number of aromatic amines is 1. The summed E-state index contributed by atoms with van der Waals surface area (Å²) in [5, 5.41) is 9.69. The number of carbonyl (C=O) groups is 2. The van der Waals surface area contributed by atoms with Crippen molar-refractivity contribution < 1.29 is 14.0 Å². The summed E-state index contributed by atoms with van der Waals surface area (Å²) in [4.78, 5) is 23.3. The van der Waals surface area contributed by atoms with E-state index < -0.39 is 11.7 Å². The molecule has 19 heavy (non-hydrogen) atoms. The lowest BCUT2D eigenvalue weighted by Gasteiger charge is -2.02. The molecule has 0 aliphatic heterocycles. The maximum absolute atomic E-state index is 11.7. The number of aryl methyl sites for hydroxylation is 1. The number of aromatic nitrogens is 2. The summed E-state index contributed by atoms with van der Waals surface area (Å²) in [7, 11) is 0. The van der Waals surface area contributed by atoms with Crippen LogP contribution in [0, 0.1) is 0 Å². The van der Waals surface area contributed by atoms with Crippen molar-refractivity contribution in [2.24, 2.45) is 0 Å². The predicted octanol–water partition coefficient (Wildman–Crippen LogP) is 0.990. The number of fused-ring (bicyclic) bond motifs is 1. The van der Waals surface area contributed by atoms with E-state index in [0.29, 0.717) is 0 Å². The lowest BCUT2D eigenvalue weighted by molar-refractivity contribution is -0.117. The van der Waals surface area contributed by atoms with E-state index in [0.717, 1.165) is 30.7 Å². The molecule has 0 spiro atoms. The quantitative estimate of drug-likeness (QED) is 0.633. The molecule has 6 nitrogen and oxygen atoms in total. The monoisotopic (exact) mass is 259 g/mol. The van der Waals surface area contributed by atoms with Crippen LogP contribution in [0.1, 0.15) is 33.9 Å². The minimum absolute atomic E-state index is 0.0461. The van der Waals surface area contributed by atoms with Crippen molar-refractivity contribution in [3.63, 3.8) is 0 Å². The Bertz CT molecular complexity index is 613. The van der Waals surface area contributed by atoms with Crippen molar-refractivity contribution >= 4 is 11.7 Å². The number of hydrogen-bond donors (Lipinski definition) is 2. The van der Waals surface area contributed by atoms with Crippen molar-refractivity contribution in [2.75, 3.05) is 0 Å². The van der Waals surface area contributed by atoms with E-state index in [9.17, 15) is 9.59 Å². The summed E-state index contributed by atoms with van der Waals surface area (Å²) in [6, 6.07) is 3.04. The van der Waals surface area contributed by atoms with Gasteiger partial charge in [0.2, 0.25) is 0 Å². The van der Waals surface area contributed by atoms with Crippen LogP contribution in [0.25, 0.3) is 0 Å². The zero-order valence-electron chi connectivity index (χ0n) is 10.2. The fourth-order valence-corrected chi connectivity index (χ4v) is 2.30. The molecule has 2 aromatic heterocycles. The van der Waals surface area contributed by atoms with Gasteiger partial charge in [-0.1, -0.05) is 0 Å². The number of amides is 1. The number of H-pyrrole nitrogens is 1. The molecule has 0 saturated carbocycles. The normalized spacial score (nSPS) is 13.3. The lowest BCUT2D eigenvalue weighted by Crippen LogP contribution is -2.30. The lowest BCUT2D eigenvalue weighted by atomic mass is 10.2. The van der Waals surface area contributed by atoms with Crippen LogP contribution in [0.3, 0.4) is 0 Å². The third-order valence-corrected chi connectivity index (χ3v) is 3.26. The first-order chi connectivity index (χ1) is 9.25. The van der Waals surface area contributed by atoms with Crippen LogP contribution >= 0.6 is 0 Å². The molecule has 0 atom stereocenters. The molecule has 0 radical (unpaired) electrons. The van der Waals surface area contributed by atoms with Gasteiger partial charge in [-0.15, -0.1) is 0 Å². The number of furan rings is 1. The predicted molar refractivity (Wildman–Crippen MR) is 65.5 cm³/mol. The van der Waals surface area contributed by atoms with Crippen molar-refractivity contribution in [3.05, 3.63) is 41.1 Å². The molecule has 1 aliphatic carbocycles. The van der Waals surface area contributed by atoms with E-state index >= 15 is 0 Å². The molecule has 0 unspecified atom stereocenters. The van der Waals surface area contributed by atoms with Crippen molar-refractivity contribution in [3.8, 4) is 0 Å². The summed E-state index contributed by atoms with van der Waals surface area (Å²) >= 11 is 0. The molecule has 6 heteroatoms. The zero-order valence-corrected chi connectivity index (χ0v) is 10.2. The van der Waals surface area contributed by atoms with Gasteiger partial charge in [-0.05, 0) is 37.0 Å². The second-order valence-corrected chi connectivity index (χ2v) is 4.47. The van der Waals surface area contributed by atoms with Gasteiger partial charge in [0.15, 0.2) is 5.76 Å². The molecule has 0 fully saturated rings. The highest BCUT2D eigenvalue weighted by Crippen LogP contribution is 2.22. The maximum atomic E-state index is 11.7. The Morgan fingerprint density at radius 2 is 2.32 bits per heavy atom. The average Bonchev–Trinajstić information content (AvgIpc) is 3.12. The summed E-state index contributed by atoms with van der Waals surface area (Å²) in [5.74, 6) is -1.30. The van der Waals surface area contributed by atoms with E-state index in [1.54, 1.807) is 6.07 Å². The second kappa shape index (κ2) is 4.72. The van der Waals surface area contributed by atoms with Crippen LogP contribution in [0.2, 0.25) is 0 Å². The number of hydrogen-bond acceptors (Lipinski definition) is 4. The fourth-order valence-electron chi connectivity index (χ4n) is 2.30. The SMILES string of the molecule is O=C(NCc1n[nH]c2c1CCC2)C(=O)c1ccco1. The first-order valence-electron chi connectivity index (χ1n) is 6.16. The second-order valence-electron chi connectivity index (χ2n) is 4.47. The molecule has 0 saturated heterocycles. The van der Waals surface area contributed by atoms with E-state index in [4.69, 9.17) is 4.42 Å². The molecular weight excluding hydrogens is 246 g/mol. The van der Waals surface area contributed by atoms with E-state index in [2.05, 4.69) is 15.5 Å². The third-order valence-electron chi connectivity index (χ3n) is 3.26. The van der Waals surface area contributed by atoms with Gasteiger partial charge in [0.25, 0.3) is 11.7 Å². The number of nitrogens with one attached hydrogen (secondary N) is 2. The molecule has 2 aromatic rings. The average molecular weight is 259 g/mol. The van der Waals surface area contributed by atoms with Gasteiger partial charge in [-0.2, -0.15) is 5.10 Å². The smallest absolute Gasteiger partial charge is 0.296 e. The summed E-state index contributed by atoms with van der Waals surface area (Å²) < 4.78 is 4.90. The number of rotatable bonds is 4. The molecular formula is C13H13N3O3.